The third kappa shape index (κ3) is 5.35. The van der Waals surface area contributed by atoms with Gasteiger partial charge in [-0.3, -0.25) is 9.59 Å². The molecule has 2 aliphatic rings. The maximum absolute atomic E-state index is 13.7. The maximum Gasteiger partial charge on any atom is 0.433 e. The van der Waals surface area contributed by atoms with Crippen LogP contribution in [0.2, 0.25) is 0 Å². The minimum absolute atomic E-state index is 0.0137. The van der Waals surface area contributed by atoms with Crippen LogP contribution >= 0.6 is 11.3 Å². The van der Waals surface area contributed by atoms with Crippen molar-refractivity contribution in [3.05, 3.63) is 34.5 Å². The second-order valence-corrected chi connectivity index (χ2v) is 9.72. The Balaban J connectivity index is 1.48. The molecule has 0 saturated carbocycles. The molecular formula is C22H26F3N5O2S. The third-order valence-electron chi connectivity index (χ3n) is 6.06. The number of carbonyl (C=O) groups excluding carboxylic acids is 2. The fourth-order valence-electron chi connectivity index (χ4n) is 4.37. The van der Waals surface area contributed by atoms with Crippen LogP contribution in [-0.4, -0.2) is 57.3 Å². The zero-order chi connectivity index (χ0) is 23.8. The first kappa shape index (κ1) is 23.6. The smallest absolute Gasteiger partial charge is 0.341 e. The number of alkyl halides is 3. The molecule has 4 heterocycles. The number of hydrogen-bond donors (Lipinski definition) is 1. The highest BCUT2D eigenvalue weighted by molar-refractivity contribution is 7.13. The number of fused-ring (bicyclic) bond motifs is 1. The number of piperidine rings is 1. The van der Waals surface area contributed by atoms with E-state index in [9.17, 15) is 22.8 Å². The number of aromatic nitrogens is 2. The van der Waals surface area contributed by atoms with E-state index in [1.807, 2.05) is 0 Å². The molecule has 7 nitrogen and oxygen atoms in total. The van der Waals surface area contributed by atoms with Gasteiger partial charge in [-0.25, -0.2) is 9.97 Å². The minimum Gasteiger partial charge on any atom is -0.341 e. The molecule has 0 aliphatic carbocycles. The van der Waals surface area contributed by atoms with E-state index >= 15 is 0 Å². The van der Waals surface area contributed by atoms with Gasteiger partial charge in [0.25, 0.3) is 0 Å². The van der Waals surface area contributed by atoms with Gasteiger partial charge in [0, 0.05) is 44.1 Å². The van der Waals surface area contributed by atoms with Crippen molar-refractivity contribution in [2.45, 2.75) is 51.4 Å². The van der Waals surface area contributed by atoms with Gasteiger partial charge in [0.1, 0.15) is 0 Å². The summed E-state index contributed by atoms with van der Waals surface area (Å²) in [5, 5.41) is 1.75. The van der Waals surface area contributed by atoms with Gasteiger partial charge >= 0.3 is 6.18 Å². The Bertz CT molecular complexity index is 1030. The van der Waals surface area contributed by atoms with Crippen LogP contribution in [0.1, 0.15) is 43.1 Å². The maximum atomic E-state index is 13.7. The first-order valence-electron chi connectivity index (χ1n) is 10.9. The highest BCUT2D eigenvalue weighted by Gasteiger charge is 2.39. The molecule has 2 N–H and O–H groups in total. The highest BCUT2D eigenvalue weighted by atomic mass is 32.1. The number of nitrogens with two attached hydrogens (primary N) is 1. The van der Waals surface area contributed by atoms with E-state index in [2.05, 4.69) is 16.9 Å². The molecule has 2 atom stereocenters. The summed E-state index contributed by atoms with van der Waals surface area (Å²) in [5.41, 5.74) is 5.50. The van der Waals surface area contributed by atoms with Crippen molar-refractivity contribution in [3.8, 4) is 10.7 Å². The predicted molar refractivity (Wildman–Crippen MR) is 117 cm³/mol. The zero-order valence-corrected chi connectivity index (χ0v) is 19.1. The molecule has 2 amide bonds. The Morgan fingerprint density at radius 1 is 1.33 bits per heavy atom. The van der Waals surface area contributed by atoms with E-state index in [4.69, 9.17) is 5.73 Å². The van der Waals surface area contributed by atoms with Crippen molar-refractivity contribution >= 4 is 23.2 Å². The number of likely N-dealkylation sites (tertiary alicyclic amines) is 1. The van der Waals surface area contributed by atoms with Crippen molar-refractivity contribution in [1.82, 2.24) is 19.8 Å². The van der Waals surface area contributed by atoms with Crippen LogP contribution in [0.4, 0.5) is 13.2 Å². The summed E-state index contributed by atoms with van der Waals surface area (Å²) in [6, 6.07) is 2.85. The number of thiophene rings is 1. The summed E-state index contributed by atoms with van der Waals surface area (Å²) in [4.78, 5) is 36.9. The molecule has 0 spiro atoms. The van der Waals surface area contributed by atoms with E-state index < -0.39 is 17.9 Å². The first-order chi connectivity index (χ1) is 15.6. The zero-order valence-electron chi connectivity index (χ0n) is 18.3. The summed E-state index contributed by atoms with van der Waals surface area (Å²) in [7, 11) is 0. The number of nitrogens with zero attached hydrogens (tertiary/aromatic N) is 4. The van der Waals surface area contributed by atoms with Crippen LogP contribution in [0.3, 0.4) is 0 Å². The molecule has 0 unspecified atom stereocenters. The molecule has 2 aromatic rings. The molecule has 2 aliphatic heterocycles. The second-order valence-electron chi connectivity index (χ2n) is 8.77. The Morgan fingerprint density at radius 2 is 2.12 bits per heavy atom. The normalized spacial score (nSPS) is 20.0. The van der Waals surface area contributed by atoms with E-state index in [1.165, 1.54) is 16.2 Å². The lowest BCUT2D eigenvalue weighted by molar-refractivity contribution is -0.142. The van der Waals surface area contributed by atoms with Gasteiger partial charge in [0.15, 0.2) is 11.5 Å². The summed E-state index contributed by atoms with van der Waals surface area (Å²) in [5.74, 6) is 0.194. The summed E-state index contributed by atoms with van der Waals surface area (Å²) in [6.45, 7) is 3.11. The summed E-state index contributed by atoms with van der Waals surface area (Å²) >= 11 is 1.26. The quantitative estimate of drug-likeness (QED) is 0.709. The van der Waals surface area contributed by atoms with E-state index in [1.54, 1.807) is 22.4 Å². The first-order valence-corrected chi connectivity index (χ1v) is 11.8. The molecule has 11 heteroatoms. The fourth-order valence-corrected chi connectivity index (χ4v) is 5.03. The molecule has 0 aromatic carbocycles. The Hall–Kier alpha value is -2.53. The third-order valence-corrected chi connectivity index (χ3v) is 6.92. The lowest BCUT2D eigenvalue weighted by atomic mass is 9.98. The van der Waals surface area contributed by atoms with Gasteiger partial charge in [-0.1, -0.05) is 13.0 Å². The molecule has 33 heavy (non-hydrogen) atoms. The summed E-state index contributed by atoms with van der Waals surface area (Å²) in [6.07, 6.45) is -3.23. The van der Waals surface area contributed by atoms with Crippen molar-refractivity contribution in [1.29, 1.82) is 0 Å². The van der Waals surface area contributed by atoms with E-state index in [0.717, 1.165) is 6.42 Å². The SMILES string of the molecule is C[C@@H]1CCC(=O)N(C[C@H](N)CC(=O)N2CCc3c(nc(-c4cccs4)nc3C(F)(F)F)C2)C1. The number of carbonyl (C=O) groups is 2. The molecule has 4 rings (SSSR count). The molecule has 2 aromatic heterocycles. The van der Waals surface area contributed by atoms with Crippen molar-refractivity contribution in [2.75, 3.05) is 19.6 Å². The fraction of sp³-hybridized carbons (Fsp3) is 0.545. The highest BCUT2D eigenvalue weighted by Crippen LogP contribution is 2.36. The lowest BCUT2D eigenvalue weighted by Crippen LogP contribution is -2.48. The molecule has 0 bridgehead atoms. The number of amides is 2. The van der Waals surface area contributed by atoms with Gasteiger partial charge < -0.3 is 15.5 Å². The van der Waals surface area contributed by atoms with Crippen LogP contribution in [0.5, 0.6) is 0 Å². The van der Waals surface area contributed by atoms with Crippen LogP contribution in [0.25, 0.3) is 10.7 Å². The van der Waals surface area contributed by atoms with Crippen molar-refractivity contribution in [2.24, 2.45) is 11.7 Å². The van der Waals surface area contributed by atoms with Gasteiger partial charge in [-0.2, -0.15) is 13.2 Å². The van der Waals surface area contributed by atoms with Crippen LogP contribution in [0, 0.1) is 5.92 Å². The van der Waals surface area contributed by atoms with Crippen molar-refractivity contribution in [3.63, 3.8) is 0 Å². The summed E-state index contributed by atoms with van der Waals surface area (Å²) < 4.78 is 41.1. The van der Waals surface area contributed by atoms with Gasteiger partial charge in [-0.15, -0.1) is 11.3 Å². The topological polar surface area (TPSA) is 92.4 Å². The number of hydrogen-bond acceptors (Lipinski definition) is 6. The predicted octanol–water partition coefficient (Wildman–Crippen LogP) is 3.08. The molecule has 1 fully saturated rings. The van der Waals surface area contributed by atoms with Gasteiger partial charge in [-0.05, 0) is 30.2 Å². The van der Waals surface area contributed by atoms with Gasteiger partial charge in [0.2, 0.25) is 11.8 Å². The van der Waals surface area contributed by atoms with Crippen LogP contribution in [-0.2, 0) is 28.7 Å². The Labute approximate surface area is 193 Å². The molecule has 1 saturated heterocycles. The lowest BCUT2D eigenvalue weighted by Gasteiger charge is -2.34. The Kier molecular flexibility index (Phi) is 6.71. The molecule has 178 valence electrons. The van der Waals surface area contributed by atoms with Crippen LogP contribution < -0.4 is 5.73 Å². The van der Waals surface area contributed by atoms with Gasteiger partial charge in [0.05, 0.1) is 17.1 Å². The largest absolute Gasteiger partial charge is 0.433 e. The Morgan fingerprint density at radius 3 is 2.82 bits per heavy atom. The minimum atomic E-state index is -4.61. The molecular weight excluding hydrogens is 455 g/mol. The monoisotopic (exact) mass is 481 g/mol. The number of halogens is 3. The van der Waals surface area contributed by atoms with E-state index in [-0.39, 0.29) is 54.8 Å². The second kappa shape index (κ2) is 9.38. The molecule has 0 radical (unpaired) electrons. The standard InChI is InChI=1S/C22H26F3N5O2S/c1-13-4-5-18(31)30(10-13)11-14(26)9-19(32)29-7-6-15-16(12-29)27-21(17-3-2-8-33-17)28-20(15)22(23,24)25/h2-3,8,13-14H,4-7,9-12,26H2,1H3/t13-,14-/m1/s1. The van der Waals surface area contributed by atoms with Crippen molar-refractivity contribution < 1.29 is 22.8 Å². The average molecular weight is 482 g/mol. The van der Waals surface area contributed by atoms with Crippen LogP contribution in [0.15, 0.2) is 17.5 Å². The van der Waals surface area contributed by atoms with E-state index in [0.29, 0.717) is 30.3 Å². The number of rotatable bonds is 5. The average Bonchev–Trinajstić information content (AvgIpc) is 3.29.